The second-order valence-electron chi connectivity index (χ2n) is 10.5. The van der Waals surface area contributed by atoms with Gasteiger partial charge in [0, 0.05) is 55.1 Å². The van der Waals surface area contributed by atoms with E-state index in [4.69, 9.17) is 148 Å². The number of benzene rings is 1. The molecule has 0 saturated heterocycles. The van der Waals surface area contributed by atoms with Crippen molar-refractivity contribution in [2.24, 2.45) is 0 Å². The Morgan fingerprint density at radius 3 is 1.29 bits per heavy atom. The number of rotatable bonds is 31. The van der Waals surface area contributed by atoms with Crippen LogP contribution < -0.4 is 9.05 Å². The molecule has 0 saturated carbocycles. The van der Waals surface area contributed by atoms with Crippen LogP contribution in [0.15, 0.2) is 30.3 Å². The van der Waals surface area contributed by atoms with Gasteiger partial charge in [-0.2, -0.15) is 16.7 Å². The number of nitrogens with zero attached hydrogens (tertiary/aromatic N) is 2. The highest BCUT2D eigenvalue weighted by Gasteiger charge is 2.26. The first-order valence-corrected chi connectivity index (χ1v) is 39.6. The van der Waals surface area contributed by atoms with Gasteiger partial charge < -0.3 is 45.2 Å². The summed E-state index contributed by atoms with van der Waals surface area (Å²) in [4.78, 5) is 13.8. The van der Waals surface area contributed by atoms with E-state index in [2.05, 4.69) is 11.9 Å². The number of thioether (sulfide) groups is 1. The van der Waals surface area contributed by atoms with E-state index in [0.717, 1.165) is 10.8 Å². The van der Waals surface area contributed by atoms with Crippen molar-refractivity contribution in [2.75, 3.05) is 83.0 Å². The molecule has 0 unspecified atom stereocenters. The molecule has 0 fully saturated rings. The third kappa shape index (κ3) is 31.9. The molecule has 0 aliphatic rings. The monoisotopic (exact) mass is 1260 g/mol. The minimum Gasteiger partial charge on any atom is -0.424 e. The maximum absolute atomic E-state index is 10.4. The lowest BCUT2D eigenvalue weighted by Crippen LogP contribution is -2.03. The summed E-state index contributed by atoms with van der Waals surface area (Å²) in [6.07, 6.45) is 0. The number of non-ortho nitro benzene ring substituents is 1. The van der Waals surface area contributed by atoms with E-state index in [-0.39, 0.29) is 26.8 Å². The van der Waals surface area contributed by atoms with E-state index in [9.17, 15) is 10.1 Å². The normalized spacial score (nSPS) is 11.9. The minimum absolute atomic E-state index is 0.0181. The van der Waals surface area contributed by atoms with Crippen LogP contribution in [0.4, 0.5) is 5.69 Å². The van der Waals surface area contributed by atoms with E-state index in [1.54, 1.807) is 25.2 Å². The van der Waals surface area contributed by atoms with Crippen LogP contribution in [0, 0.1) is 10.1 Å². The molecule has 33 heteroatoms. The highest BCUT2D eigenvalue weighted by atomic mass is 35.5. The third-order valence-corrected chi connectivity index (χ3v) is 30.8. The molecule has 66 heavy (non-hydrogen) atoms. The highest BCUT2D eigenvalue weighted by molar-refractivity contribution is 8.76. The molecule has 386 valence electrons. The predicted octanol–water partition coefficient (Wildman–Crippen LogP) is 15.9. The molecule has 0 radical (unpaired) electrons. The van der Waals surface area contributed by atoms with Crippen molar-refractivity contribution in [3.63, 3.8) is 0 Å². The number of hydrogen-bond donors (Lipinski definition) is 0. The molecule has 1 heterocycles. The zero-order chi connectivity index (χ0) is 50.9. The van der Waals surface area contributed by atoms with Crippen molar-refractivity contribution in [3.8, 4) is 11.6 Å². The van der Waals surface area contributed by atoms with E-state index in [1.807, 2.05) is 53.3 Å². The third-order valence-electron chi connectivity index (χ3n) is 5.98. The van der Waals surface area contributed by atoms with E-state index in [1.165, 1.54) is 67.3 Å². The number of aromatic nitrogens is 1. The van der Waals surface area contributed by atoms with Gasteiger partial charge in [0.25, 0.3) is 5.69 Å². The summed E-state index contributed by atoms with van der Waals surface area (Å²) in [6, 6.07) is 6.94. The van der Waals surface area contributed by atoms with Gasteiger partial charge in [-0.3, -0.25) is 19.2 Å². The zero-order valence-electron chi connectivity index (χ0n) is 38.3. The molecule has 0 N–H and O–H groups in total. The smallest absolute Gasteiger partial charge is 0.381 e. The first-order chi connectivity index (χ1) is 31.1. The van der Waals surface area contributed by atoms with Crippen LogP contribution in [0.5, 0.6) is 11.6 Å². The van der Waals surface area contributed by atoms with Gasteiger partial charge in [0.15, 0.2) is 5.15 Å². The van der Waals surface area contributed by atoms with Crippen molar-refractivity contribution in [1.29, 1.82) is 0 Å². The molecule has 1 aromatic carbocycles. The summed E-state index contributed by atoms with van der Waals surface area (Å²) in [5.41, 5.74) is -6.55. The van der Waals surface area contributed by atoms with Gasteiger partial charge in [-0.05, 0) is 115 Å². The Kier molecular flexibility index (Phi) is 42.6. The first kappa shape index (κ1) is 70.6. The van der Waals surface area contributed by atoms with Crippen LogP contribution in [0.3, 0.4) is 0 Å². The molecule has 0 aliphatic carbocycles. The van der Waals surface area contributed by atoms with Crippen LogP contribution >= 0.6 is 111 Å². The maximum Gasteiger partial charge on any atom is 0.381 e. The molecule has 0 spiro atoms. The van der Waals surface area contributed by atoms with Crippen LogP contribution in [-0.4, -0.2) is 92.9 Å². The average Bonchev–Trinajstić information content (AvgIpc) is 3.24. The van der Waals surface area contributed by atoms with Gasteiger partial charge in [0.1, 0.15) is 10.8 Å². The summed E-state index contributed by atoms with van der Waals surface area (Å²) in [5.74, 6) is 1.54. The maximum atomic E-state index is 10.4. The standard InChI is InChI=1S/C9H11Cl3NO3PS.C9H22O4P2S4.C8H10NO5PS.C7H17O2PS3/c1-3-14-17(18,15-4-2)16-9-7(11)5-6(10)8(12)13-9;1-5-10-14(16,11-6-2)18-9-19-15(17,12-7-3)13-8-4;1-12-15(16,13-2)14-8-5-3-7(4-6-8)9(10)11;1-4-8-10(11,9-5-2)13-7-12-6-3/h5H,3-4H2,1-2H3;5-9H2,1-4H3;3-6H,1-2H3;4-7H2,1-3H3. The molecule has 0 atom stereocenters. The average molecular weight is 1260 g/mol. The number of pyridine rings is 1. The topological polar surface area (TPSA) is 167 Å². The molecule has 16 nitrogen and oxygen atoms in total. The second kappa shape index (κ2) is 39.9. The summed E-state index contributed by atoms with van der Waals surface area (Å²) in [5, 5.41) is 12.5. The van der Waals surface area contributed by atoms with E-state index >= 15 is 0 Å². The van der Waals surface area contributed by atoms with Crippen LogP contribution in [0.2, 0.25) is 15.2 Å². The Morgan fingerprint density at radius 1 is 0.576 bits per heavy atom. The van der Waals surface area contributed by atoms with Crippen LogP contribution in [0.25, 0.3) is 0 Å². The van der Waals surface area contributed by atoms with E-state index < -0.39 is 35.4 Å². The van der Waals surface area contributed by atoms with Gasteiger partial charge in [-0.15, -0.1) is 0 Å². The Bertz CT molecular complexity index is 1840. The quantitative estimate of drug-likeness (QED) is 0.0174. The summed E-state index contributed by atoms with van der Waals surface area (Å²) in [6.45, 7) is 15.8. The largest absolute Gasteiger partial charge is 0.424 e. The number of nitro benzene ring substituents is 1. The lowest BCUT2D eigenvalue weighted by Gasteiger charge is -2.23. The summed E-state index contributed by atoms with van der Waals surface area (Å²) >= 11 is 50.3. The van der Waals surface area contributed by atoms with E-state index in [0.29, 0.717) is 63.7 Å². The first-order valence-electron chi connectivity index (χ1n) is 19.5. The predicted molar refractivity (Wildman–Crippen MR) is 303 cm³/mol. The fourth-order valence-corrected chi connectivity index (χ4v) is 26.8. The highest BCUT2D eigenvalue weighted by Crippen LogP contribution is 2.68. The molecule has 2 rings (SSSR count). The number of nitro groups is 1. The van der Waals surface area contributed by atoms with Gasteiger partial charge >= 0.3 is 13.4 Å². The molecular formula is C33H60Cl3N2O14P5S9. The Morgan fingerprint density at radius 2 is 0.955 bits per heavy atom. The van der Waals surface area contributed by atoms with Gasteiger partial charge in [0.2, 0.25) is 23.0 Å². The van der Waals surface area contributed by atoms with Crippen molar-refractivity contribution in [2.45, 2.75) is 62.3 Å². The molecule has 1 aromatic heterocycles. The van der Waals surface area contributed by atoms with Crippen molar-refractivity contribution >= 4 is 176 Å². The fraction of sp³-hybridized carbons (Fsp3) is 0.667. The minimum atomic E-state index is -2.92. The van der Waals surface area contributed by atoms with Crippen LogP contribution in [-0.2, 0) is 104 Å². The number of halogens is 3. The summed E-state index contributed by atoms with van der Waals surface area (Å²) < 4.78 is 64.3. The lowest BCUT2D eigenvalue weighted by atomic mass is 10.3. The number of hydrogen-bond acceptors (Lipinski definition) is 24. The van der Waals surface area contributed by atoms with Gasteiger partial charge in [0.05, 0.1) is 67.9 Å². The Hall–Kier alpha value is 2.49. The van der Waals surface area contributed by atoms with Gasteiger partial charge in [-0.25, -0.2) is 0 Å². The zero-order valence-corrected chi connectivity index (χ0v) is 52.4. The molecule has 2 aromatic rings. The second-order valence-corrected chi connectivity index (χ2v) is 38.7. The molecular weight excluding hydrogens is 1200 g/mol. The molecule has 0 aliphatic heterocycles. The lowest BCUT2D eigenvalue weighted by molar-refractivity contribution is -0.384. The van der Waals surface area contributed by atoms with Crippen molar-refractivity contribution in [3.05, 3.63) is 55.6 Å². The Labute approximate surface area is 448 Å². The van der Waals surface area contributed by atoms with Gasteiger partial charge in [-0.1, -0.05) is 75.9 Å². The van der Waals surface area contributed by atoms with Crippen molar-refractivity contribution < 1.29 is 59.2 Å². The van der Waals surface area contributed by atoms with Crippen LogP contribution in [0.1, 0.15) is 62.3 Å². The molecule has 0 bridgehead atoms. The van der Waals surface area contributed by atoms with Crippen molar-refractivity contribution in [1.82, 2.24) is 4.98 Å². The SMILES string of the molecule is CCOP(=S)(OCC)Oc1nc(Cl)c(Cl)cc1Cl.CCOP(=S)(OCC)SCSCC.CCOP(=S)(OCC)SCSP(=S)(OCC)OCC.COP(=S)(OC)Oc1ccc([N+](=O)[O-])cc1. The Balaban J connectivity index is 0. The fourth-order valence-electron chi connectivity index (χ4n) is 3.53. The molecule has 0 amide bonds. The summed E-state index contributed by atoms with van der Waals surface area (Å²) in [7, 11) is 2.77.